The Morgan fingerprint density at radius 2 is 2.23 bits per heavy atom. The Balaban J connectivity index is 1.73. The van der Waals surface area contributed by atoms with E-state index < -0.39 is 15.4 Å². The molecule has 3 heterocycles. The fraction of sp³-hybridized carbons (Fsp3) is 0.765. The molecule has 0 unspecified atom stereocenters. The van der Waals surface area contributed by atoms with E-state index in [-0.39, 0.29) is 18.5 Å². The van der Waals surface area contributed by atoms with Crippen molar-refractivity contribution in [3.63, 3.8) is 0 Å². The van der Waals surface area contributed by atoms with Gasteiger partial charge in [0.1, 0.15) is 0 Å². The van der Waals surface area contributed by atoms with Crippen LogP contribution in [0, 0.1) is 5.41 Å². The first kappa shape index (κ1) is 19.7. The van der Waals surface area contributed by atoms with E-state index in [0.717, 1.165) is 44.2 Å². The number of hydrogen-bond acceptors (Lipinski definition) is 6. The second-order valence-corrected chi connectivity index (χ2v) is 9.98. The first-order valence-corrected chi connectivity index (χ1v) is 12.0. The maximum atomic E-state index is 13.2. The van der Waals surface area contributed by atoms with E-state index >= 15 is 0 Å². The smallest absolute Gasteiger partial charge is 0.228 e. The largest absolute Gasteiger partial charge is 0.354 e. The molecule has 0 aliphatic carbocycles. The number of sulfonamides is 1. The summed E-state index contributed by atoms with van der Waals surface area (Å²) in [5, 5.41) is 5.01. The third-order valence-electron chi connectivity index (χ3n) is 5.57. The topological polar surface area (TPSA) is 91.4 Å². The second kappa shape index (κ2) is 7.92. The molecule has 3 atom stereocenters. The Morgan fingerprint density at radius 1 is 1.42 bits per heavy atom. The summed E-state index contributed by atoms with van der Waals surface area (Å²) >= 11 is 1.56. The average molecular weight is 401 g/mol. The summed E-state index contributed by atoms with van der Waals surface area (Å²) in [5.74, 6) is 0.0362. The molecule has 0 spiro atoms. The fourth-order valence-electron chi connectivity index (χ4n) is 4.65. The summed E-state index contributed by atoms with van der Waals surface area (Å²) in [6.07, 6.45) is 5.93. The van der Waals surface area contributed by atoms with Gasteiger partial charge in [0.25, 0.3) is 0 Å². The maximum absolute atomic E-state index is 13.2. The highest BCUT2D eigenvalue weighted by atomic mass is 32.2. The van der Waals surface area contributed by atoms with Gasteiger partial charge in [-0.15, -0.1) is 11.3 Å². The van der Waals surface area contributed by atoms with Crippen molar-refractivity contribution >= 4 is 27.3 Å². The van der Waals surface area contributed by atoms with Crippen molar-refractivity contribution in [2.24, 2.45) is 5.41 Å². The van der Waals surface area contributed by atoms with Crippen LogP contribution in [0.4, 0.5) is 0 Å². The summed E-state index contributed by atoms with van der Waals surface area (Å²) in [6.45, 7) is 3.72. The van der Waals surface area contributed by atoms with Crippen LogP contribution in [0.25, 0.3) is 0 Å². The average Bonchev–Trinajstić information content (AvgIpc) is 3.28. The minimum atomic E-state index is -3.24. The molecule has 0 saturated carbocycles. The lowest BCUT2D eigenvalue weighted by atomic mass is 9.70. The number of carbonyl (C=O) groups is 1. The fourth-order valence-corrected chi connectivity index (χ4v) is 5.68. The van der Waals surface area contributed by atoms with Crippen molar-refractivity contribution in [1.29, 1.82) is 0 Å². The zero-order valence-corrected chi connectivity index (χ0v) is 17.0. The van der Waals surface area contributed by atoms with Crippen molar-refractivity contribution in [3.05, 3.63) is 16.6 Å². The molecule has 2 aliphatic rings. The number of aromatic nitrogens is 1. The first-order valence-electron chi connectivity index (χ1n) is 9.21. The van der Waals surface area contributed by atoms with Gasteiger partial charge in [0.2, 0.25) is 15.9 Å². The molecule has 2 N–H and O–H groups in total. The number of carbonyl (C=O) groups excluding carboxylic acids is 1. The van der Waals surface area contributed by atoms with Gasteiger partial charge in [-0.05, 0) is 32.2 Å². The van der Waals surface area contributed by atoms with Crippen LogP contribution in [0.3, 0.4) is 0 Å². The number of rotatable bonds is 9. The normalized spacial score (nSPS) is 28.5. The molecule has 7 nitrogen and oxygen atoms in total. The van der Waals surface area contributed by atoms with Crippen LogP contribution in [-0.4, -0.2) is 62.2 Å². The third kappa shape index (κ3) is 4.11. The van der Waals surface area contributed by atoms with Crippen molar-refractivity contribution in [2.75, 3.05) is 25.9 Å². The summed E-state index contributed by atoms with van der Waals surface area (Å²) < 4.78 is 24.8. The Bertz CT molecular complexity index is 722. The number of nitrogens with one attached hydrogen (secondary N) is 2. The molecule has 3 rings (SSSR count). The monoisotopic (exact) mass is 400 g/mol. The standard InChI is InChI=1S/C17H28N4O3S2/c1-3-8-21-14-4-5-15(21)17(10-14,9-13-11-25-12-19-13)16(22)18-6-7-20-26(2,23)24/h11-12,14-15,20H,3-10H2,1-2H3,(H,18,22)/t14-,15+,17+/m1/s1. The first-order chi connectivity index (χ1) is 12.4. The van der Waals surface area contributed by atoms with Crippen molar-refractivity contribution in [2.45, 2.75) is 51.1 Å². The SMILES string of the molecule is CCCN1[C@@H]2CC[C@H]1[C@@](Cc1cscn1)(C(=O)NCCNS(C)(=O)=O)C2. The van der Waals surface area contributed by atoms with Crippen LogP contribution >= 0.6 is 11.3 Å². The van der Waals surface area contributed by atoms with Gasteiger partial charge >= 0.3 is 0 Å². The third-order valence-corrected chi connectivity index (χ3v) is 6.93. The Kier molecular flexibility index (Phi) is 6.01. The van der Waals surface area contributed by atoms with E-state index in [1.54, 1.807) is 11.3 Å². The van der Waals surface area contributed by atoms with Crippen molar-refractivity contribution < 1.29 is 13.2 Å². The zero-order valence-electron chi connectivity index (χ0n) is 15.4. The quantitative estimate of drug-likeness (QED) is 0.603. The number of fused-ring (bicyclic) bond motifs is 2. The Hall–Kier alpha value is -1.03. The van der Waals surface area contributed by atoms with Gasteiger partial charge in [-0.3, -0.25) is 9.69 Å². The molecule has 2 fully saturated rings. The second-order valence-electron chi connectivity index (χ2n) is 7.42. The van der Waals surface area contributed by atoms with E-state index in [4.69, 9.17) is 0 Å². The van der Waals surface area contributed by atoms with Crippen LogP contribution in [0.5, 0.6) is 0 Å². The summed E-state index contributed by atoms with van der Waals surface area (Å²) in [7, 11) is -3.24. The minimum absolute atomic E-state index is 0.0362. The van der Waals surface area contributed by atoms with Crippen molar-refractivity contribution in [3.8, 4) is 0 Å². The number of amides is 1. The van der Waals surface area contributed by atoms with Gasteiger partial charge in [-0.25, -0.2) is 18.1 Å². The lowest BCUT2D eigenvalue weighted by Crippen LogP contribution is -2.51. The number of hydrogen-bond donors (Lipinski definition) is 2. The molecule has 0 aromatic carbocycles. The van der Waals surface area contributed by atoms with Gasteiger partial charge in [-0.1, -0.05) is 6.92 Å². The summed E-state index contributed by atoms with van der Waals surface area (Å²) in [5.41, 5.74) is 2.33. The lowest BCUT2D eigenvalue weighted by Gasteiger charge is -2.36. The van der Waals surface area contributed by atoms with Gasteiger partial charge in [0.15, 0.2) is 0 Å². The molecule has 146 valence electrons. The molecule has 2 bridgehead atoms. The predicted molar refractivity (Wildman–Crippen MR) is 103 cm³/mol. The molecule has 0 radical (unpaired) electrons. The predicted octanol–water partition coefficient (Wildman–Crippen LogP) is 0.984. The van der Waals surface area contributed by atoms with E-state index in [2.05, 4.69) is 26.8 Å². The number of thiazole rings is 1. The molecular formula is C17H28N4O3S2. The summed E-state index contributed by atoms with van der Waals surface area (Å²) in [6, 6.07) is 0.718. The van der Waals surface area contributed by atoms with Crippen LogP contribution in [0.15, 0.2) is 10.9 Å². The Morgan fingerprint density at radius 3 is 2.88 bits per heavy atom. The molecule has 1 aromatic heterocycles. The Labute approximate surface area is 159 Å². The zero-order chi connectivity index (χ0) is 18.8. The molecular weight excluding hydrogens is 372 g/mol. The van der Waals surface area contributed by atoms with Crippen LogP contribution in [-0.2, 0) is 21.2 Å². The van der Waals surface area contributed by atoms with Crippen molar-refractivity contribution in [1.82, 2.24) is 19.9 Å². The van der Waals surface area contributed by atoms with Gasteiger partial charge < -0.3 is 5.32 Å². The van der Waals surface area contributed by atoms with Crippen LogP contribution in [0.2, 0.25) is 0 Å². The molecule has 2 aliphatic heterocycles. The molecule has 26 heavy (non-hydrogen) atoms. The highest BCUT2D eigenvalue weighted by Crippen LogP contribution is 2.51. The molecule has 9 heteroatoms. The highest BCUT2D eigenvalue weighted by Gasteiger charge is 2.59. The lowest BCUT2D eigenvalue weighted by molar-refractivity contribution is -0.133. The molecule has 1 aromatic rings. The van der Waals surface area contributed by atoms with E-state index in [1.807, 2.05) is 10.9 Å². The molecule has 2 saturated heterocycles. The van der Waals surface area contributed by atoms with Crippen LogP contribution in [0.1, 0.15) is 38.3 Å². The number of nitrogens with zero attached hydrogens (tertiary/aromatic N) is 2. The van der Waals surface area contributed by atoms with E-state index in [9.17, 15) is 13.2 Å². The maximum Gasteiger partial charge on any atom is 0.228 e. The summed E-state index contributed by atoms with van der Waals surface area (Å²) in [4.78, 5) is 20.2. The van der Waals surface area contributed by atoms with Gasteiger partial charge in [0.05, 0.1) is 22.9 Å². The van der Waals surface area contributed by atoms with E-state index in [0.29, 0.717) is 19.0 Å². The van der Waals surface area contributed by atoms with Crippen LogP contribution < -0.4 is 10.0 Å². The minimum Gasteiger partial charge on any atom is -0.354 e. The highest BCUT2D eigenvalue weighted by molar-refractivity contribution is 7.88. The van der Waals surface area contributed by atoms with Gasteiger partial charge in [0, 0.05) is 37.0 Å². The van der Waals surface area contributed by atoms with Gasteiger partial charge in [-0.2, -0.15) is 0 Å². The van der Waals surface area contributed by atoms with E-state index in [1.165, 1.54) is 0 Å². The molecule has 1 amide bonds.